The van der Waals surface area contributed by atoms with Gasteiger partial charge >= 0.3 is 0 Å². The molecule has 0 aliphatic carbocycles. The zero-order valence-electron chi connectivity index (χ0n) is 11.1. The lowest BCUT2D eigenvalue weighted by molar-refractivity contribution is 0.634. The van der Waals surface area contributed by atoms with Gasteiger partial charge in [-0.2, -0.15) is 0 Å². The molecule has 4 heteroatoms. The maximum atomic E-state index is 4.73. The summed E-state index contributed by atoms with van der Waals surface area (Å²) in [5, 5.41) is 4.51. The summed E-state index contributed by atoms with van der Waals surface area (Å²) in [6, 6.07) is 4.82. The van der Waals surface area contributed by atoms with E-state index >= 15 is 0 Å². The SMILES string of the molecule is CCC1CCSC(Nc2cc(C)c(Br)c(C)c2)=N1. The molecule has 0 fully saturated rings. The molecule has 0 radical (unpaired) electrons. The number of anilines is 1. The van der Waals surface area contributed by atoms with Gasteiger partial charge in [-0.05, 0) is 49.9 Å². The lowest BCUT2D eigenvalue weighted by Crippen LogP contribution is -2.19. The molecule has 0 saturated heterocycles. The summed E-state index contributed by atoms with van der Waals surface area (Å²) in [5.74, 6) is 1.17. The number of benzene rings is 1. The Kier molecular flexibility index (Phi) is 4.73. The van der Waals surface area contributed by atoms with Gasteiger partial charge < -0.3 is 5.32 Å². The summed E-state index contributed by atoms with van der Waals surface area (Å²) in [6.07, 6.45) is 2.33. The van der Waals surface area contributed by atoms with Gasteiger partial charge in [0.25, 0.3) is 0 Å². The number of thioether (sulfide) groups is 1. The molecule has 98 valence electrons. The Morgan fingerprint density at radius 2 is 2.06 bits per heavy atom. The van der Waals surface area contributed by atoms with E-state index in [1.54, 1.807) is 0 Å². The number of aliphatic imine (C=N–C) groups is 1. The average Bonchev–Trinajstić information content (AvgIpc) is 2.36. The Balaban J connectivity index is 2.16. The number of hydrogen-bond acceptors (Lipinski definition) is 3. The van der Waals surface area contributed by atoms with Crippen LogP contribution in [0, 0.1) is 13.8 Å². The fourth-order valence-electron chi connectivity index (χ4n) is 2.06. The van der Waals surface area contributed by atoms with E-state index in [1.165, 1.54) is 27.8 Å². The highest BCUT2D eigenvalue weighted by Crippen LogP contribution is 2.27. The van der Waals surface area contributed by atoms with Gasteiger partial charge in [0.2, 0.25) is 0 Å². The first-order valence-corrected chi connectivity index (χ1v) is 8.12. The fraction of sp³-hybridized carbons (Fsp3) is 0.500. The first-order chi connectivity index (χ1) is 8.60. The summed E-state index contributed by atoms with van der Waals surface area (Å²) in [7, 11) is 0. The van der Waals surface area contributed by atoms with Crippen LogP contribution in [0.1, 0.15) is 30.9 Å². The molecule has 0 saturated carbocycles. The molecule has 0 amide bonds. The smallest absolute Gasteiger partial charge is 0.161 e. The molecule has 1 aliphatic rings. The van der Waals surface area contributed by atoms with Gasteiger partial charge in [-0.25, -0.2) is 0 Å². The van der Waals surface area contributed by atoms with Gasteiger partial charge in [-0.3, -0.25) is 4.99 Å². The summed E-state index contributed by atoms with van der Waals surface area (Å²) >= 11 is 5.42. The molecule has 2 rings (SSSR count). The molecular weight excluding hydrogens is 308 g/mol. The number of hydrogen-bond donors (Lipinski definition) is 1. The minimum atomic E-state index is 0.492. The minimum absolute atomic E-state index is 0.492. The summed E-state index contributed by atoms with van der Waals surface area (Å²) in [6.45, 7) is 6.44. The Hall–Kier alpha value is -0.480. The van der Waals surface area contributed by atoms with Gasteiger partial charge in [-0.1, -0.05) is 34.6 Å². The van der Waals surface area contributed by atoms with Crippen LogP contribution in [0.2, 0.25) is 0 Å². The molecule has 1 aromatic carbocycles. The lowest BCUT2D eigenvalue weighted by Gasteiger charge is -2.20. The van der Waals surface area contributed by atoms with Crippen molar-refractivity contribution in [2.24, 2.45) is 4.99 Å². The van der Waals surface area contributed by atoms with Crippen LogP contribution < -0.4 is 5.32 Å². The molecule has 0 aromatic heterocycles. The molecule has 1 aliphatic heterocycles. The summed E-state index contributed by atoms with van der Waals surface area (Å²) in [5.41, 5.74) is 3.65. The largest absolute Gasteiger partial charge is 0.335 e. The highest BCUT2D eigenvalue weighted by Gasteiger charge is 2.14. The van der Waals surface area contributed by atoms with Crippen molar-refractivity contribution < 1.29 is 0 Å². The molecular formula is C14H19BrN2S. The van der Waals surface area contributed by atoms with Crippen molar-refractivity contribution in [2.75, 3.05) is 11.1 Å². The van der Waals surface area contributed by atoms with Crippen LogP contribution in [0.3, 0.4) is 0 Å². The zero-order chi connectivity index (χ0) is 13.1. The normalized spacial score (nSPS) is 19.6. The maximum absolute atomic E-state index is 4.73. The average molecular weight is 327 g/mol. The van der Waals surface area contributed by atoms with E-state index in [9.17, 15) is 0 Å². The van der Waals surface area contributed by atoms with Gasteiger partial charge in [0.1, 0.15) is 0 Å². The number of nitrogens with one attached hydrogen (secondary N) is 1. The number of rotatable bonds is 2. The fourth-order valence-corrected chi connectivity index (χ4v) is 3.29. The third-order valence-corrected chi connectivity index (χ3v) is 5.32. The molecule has 1 aromatic rings. The van der Waals surface area contributed by atoms with Crippen molar-refractivity contribution in [1.29, 1.82) is 0 Å². The lowest BCUT2D eigenvalue weighted by atomic mass is 10.1. The molecule has 0 spiro atoms. The van der Waals surface area contributed by atoms with Crippen molar-refractivity contribution in [3.05, 3.63) is 27.7 Å². The number of aryl methyl sites for hydroxylation is 2. The molecule has 2 nitrogen and oxygen atoms in total. The Morgan fingerprint density at radius 1 is 1.39 bits per heavy atom. The first-order valence-electron chi connectivity index (χ1n) is 6.34. The number of amidine groups is 1. The van der Waals surface area contributed by atoms with E-state index < -0.39 is 0 Å². The summed E-state index contributed by atoms with van der Waals surface area (Å²) < 4.78 is 1.19. The van der Waals surface area contributed by atoms with Crippen molar-refractivity contribution in [3.8, 4) is 0 Å². The van der Waals surface area contributed by atoms with E-state index in [1.807, 2.05) is 11.8 Å². The second kappa shape index (κ2) is 6.11. The monoisotopic (exact) mass is 326 g/mol. The van der Waals surface area contributed by atoms with Gasteiger partial charge in [0, 0.05) is 15.9 Å². The van der Waals surface area contributed by atoms with E-state index in [0.29, 0.717) is 6.04 Å². The standard InChI is InChI=1S/C14H19BrN2S/c1-4-11-5-6-18-14(16-11)17-12-7-9(2)13(15)10(3)8-12/h7-8,11H,4-6H2,1-3H3,(H,16,17). The Morgan fingerprint density at radius 3 is 2.67 bits per heavy atom. The van der Waals surface area contributed by atoms with Crippen LogP contribution in [-0.4, -0.2) is 17.0 Å². The molecule has 1 heterocycles. The van der Waals surface area contributed by atoms with Gasteiger partial charge in [0.05, 0.1) is 6.04 Å². The van der Waals surface area contributed by atoms with Crippen LogP contribution in [0.5, 0.6) is 0 Å². The highest BCUT2D eigenvalue weighted by molar-refractivity contribution is 9.10. The van der Waals surface area contributed by atoms with Gasteiger partial charge in [-0.15, -0.1) is 0 Å². The van der Waals surface area contributed by atoms with Crippen LogP contribution in [0.15, 0.2) is 21.6 Å². The predicted molar refractivity (Wildman–Crippen MR) is 85.8 cm³/mol. The Bertz CT molecular complexity index is 448. The van der Waals surface area contributed by atoms with Crippen LogP contribution in [0.4, 0.5) is 5.69 Å². The summed E-state index contributed by atoms with van der Waals surface area (Å²) in [4.78, 5) is 4.73. The maximum Gasteiger partial charge on any atom is 0.161 e. The predicted octanol–water partition coefficient (Wildman–Crippen LogP) is 4.75. The van der Waals surface area contributed by atoms with Crippen molar-refractivity contribution in [3.63, 3.8) is 0 Å². The van der Waals surface area contributed by atoms with Crippen LogP contribution >= 0.6 is 27.7 Å². The molecule has 1 unspecified atom stereocenters. The number of halogens is 1. The van der Waals surface area contributed by atoms with E-state index in [4.69, 9.17) is 4.99 Å². The number of nitrogens with zero attached hydrogens (tertiary/aromatic N) is 1. The third kappa shape index (κ3) is 3.29. The second-order valence-electron chi connectivity index (χ2n) is 4.68. The van der Waals surface area contributed by atoms with E-state index in [2.05, 4.69) is 54.2 Å². The van der Waals surface area contributed by atoms with Crippen LogP contribution in [0.25, 0.3) is 0 Å². The third-order valence-electron chi connectivity index (χ3n) is 3.15. The molecule has 1 N–H and O–H groups in total. The quantitative estimate of drug-likeness (QED) is 0.848. The molecule has 18 heavy (non-hydrogen) atoms. The highest BCUT2D eigenvalue weighted by atomic mass is 79.9. The van der Waals surface area contributed by atoms with Crippen molar-refractivity contribution in [1.82, 2.24) is 0 Å². The zero-order valence-corrected chi connectivity index (χ0v) is 13.5. The van der Waals surface area contributed by atoms with E-state index in [-0.39, 0.29) is 0 Å². The van der Waals surface area contributed by atoms with Crippen molar-refractivity contribution >= 4 is 38.5 Å². The first kappa shape index (κ1) is 13.9. The Labute approximate surface area is 122 Å². The van der Waals surface area contributed by atoms with Gasteiger partial charge in [0.15, 0.2) is 5.17 Å². The molecule has 0 bridgehead atoms. The second-order valence-corrected chi connectivity index (χ2v) is 6.56. The minimum Gasteiger partial charge on any atom is -0.335 e. The molecule has 1 atom stereocenters. The van der Waals surface area contributed by atoms with Crippen LogP contribution in [-0.2, 0) is 0 Å². The topological polar surface area (TPSA) is 24.4 Å². The van der Waals surface area contributed by atoms with E-state index in [0.717, 1.165) is 17.3 Å². The van der Waals surface area contributed by atoms with Crippen molar-refractivity contribution in [2.45, 2.75) is 39.7 Å².